The van der Waals surface area contributed by atoms with Gasteiger partial charge in [0.15, 0.2) is 0 Å². The molecule has 1 aromatic rings. The van der Waals surface area contributed by atoms with Crippen molar-refractivity contribution in [3.8, 4) is 5.75 Å². The van der Waals surface area contributed by atoms with E-state index in [1.807, 2.05) is 6.07 Å². The molecule has 0 atom stereocenters. The molecular formula is C16H23BrN2O3. The molecule has 0 aromatic heterocycles. The lowest BCUT2D eigenvalue weighted by atomic mass is 10.2. The van der Waals surface area contributed by atoms with E-state index in [1.165, 1.54) is 0 Å². The molecule has 122 valence electrons. The second-order valence-electron chi connectivity index (χ2n) is 5.77. The van der Waals surface area contributed by atoms with Crippen molar-refractivity contribution in [1.29, 1.82) is 5.41 Å². The zero-order valence-corrected chi connectivity index (χ0v) is 14.8. The molecule has 0 unspecified atom stereocenters. The second-order valence-corrected chi connectivity index (χ2v) is 6.57. The van der Waals surface area contributed by atoms with E-state index in [0.717, 1.165) is 18.2 Å². The number of amidine groups is 1. The van der Waals surface area contributed by atoms with Crippen LogP contribution in [0.15, 0.2) is 24.3 Å². The zero-order chi connectivity index (χ0) is 16.6. The normalized spacial score (nSPS) is 10.9. The predicted molar refractivity (Wildman–Crippen MR) is 91.2 cm³/mol. The van der Waals surface area contributed by atoms with Crippen LogP contribution in [0.3, 0.4) is 0 Å². The number of hydrogen-bond donors (Lipinski definition) is 2. The first-order chi connectivity index (χ1) is 10.3. The third kappa shape index (κ3) is 7.45. The number of carbonyl (C=O) groups is 1. The van der Waals surface area contributed by atoms with Gasteiger partial charge in [0.1, 0.15) is 17.2 Å². The van der Waals surface area contributed by atoms with Crippen molar-refractivity contribution >= 4 is 27.9 Å². The van der Waals surface area contributed by atoms with Crippen LogP contribution in [0.1, 0.15) is 39.2 Å². The van der Waals surface area contributed by atoms with E-state index < -0.39 is 11.7 Å². The molecule has 5 nitrogen and oxygen atoms in total. The van der Waals surface area contributed by atoms with Crippen LogP contribution in [-0.2, 0) is 4.74 Å². The molecule has 0 aliphatic carbocycles. The third-order valence-corrected chi connectivity index (χ3v) is 3.11. The summed E-state index contributed by atoms with van der Waals surface area (Å²) in [5.74, 6) is 0.669. The first-order valence-corrected chi connectivity index (χ1v) is 8.32. The maximum Gasteiger partial charge on any atom is 0.413 e. The SMILES string of the molecule is CC(C)(C)OC(=O)NC(=N)c1cccc(OCCCCBr)c1. The summed E-state index contributed by atoms with van der Waals surface area (Å²) in [5.41, 5.74) is -0.0195. The molecule has 0 saturated heterocycles. The lowest BCUT2D eigenvalue weighted by Gasteiger charge is -2.19. The van der Waals surface area contributed by atoms with E-state index in [9.17, 15) is 4.79 Å². The molecule has 1 aromatic carbocycles. The number of hydrogen-bond acceptors (Lipinski definition) is 4. The van der Waals surface area contributed by atoms with Gasteiger partial charge in [-0.25, -0.2) is 4.79 Å². The molecule has 0 aliphatic heterocycles. The Labute approximate surface area is 140 Å². The molecule has 0 bridgehead atoms. The predicted octanol–water partition coefficient (Wildman–Crippen LogP) is 4.09. The molecule has 0 saturated carbocycles. The highest BCUT2D eigenvalue weighted by atomic mass is 79.9. The van der Waals surface area contributed by atoms with Gasteiger partial charge in [-0.1, -0.05) is 28.1 Å². The Morgan fingerprint density at radius 2 is 2.05 bits per heavy atom. The van der Waals surface area contributed by atoms with Crippen LogP contribution in [-0.4, -0.2) is 29.5 Å². The van der Waals surface area contributed by atoms with Crippen LogP contribution in [0.25, 0.3) is 0 Å². The van der Waals surface area contributed by atoms with E-state index in [1.54, 1.807) is 39.0 Å². The topological polar surface area (TPSA) is 71.4 Å². The molecular weight excluding hydrogens is 348 g/mol. The molecule has 2 N–H and O–H groups in total. The highest BCUT2D eigenvalue weighted by Crippen LogP contribution is 2.14. The van der Waals surface area contributed by atoms with Gasteiger partial charge in [0.05, 0.1) is 6.61 Å². The minimum Gasteiger partial charge on any atom is -0.494 e. The van der Waals surface area contributed by atoms with Crippen molar-refractivity contribution in [3.63, 3.8) is 0 Å². The maximum absolute atomic E-state index is 11.7. The fourth-order valence-corrected chi connectivity index (χ4v) is 2.00. The van der Waals surface area contributed by atoms with Crippen molar-refractivity contribution in [1.82, 2.24) is 5.32 Å². The molecule has 0 fully saturated rings. The molecule has 0 spiro atoms. The van der Waals surface area contributed by atoms with Gasteiger partial charge in [0, 0.05) is 10.9 Å². The fourth-order valence-electron chi connectivity index (χ4n) is 1.61. The highest BCUT2D eigenvalue weighted by molar-refractivity contribution is 9.09. The lowest BCUT2D eigenvalue weighted by Crippen LogP contribution is -2.36. The smallest absolute Gasteiger partial charge is 0.413 e. The Morgan fingerprint density at radius 1 is 1.32 bits per heavy atom. The first-order valence-electron chi connectivity index (χ1n) is 7.19. The standard InChI is InChI=1S/C16H23BrN2O3/c1-16(2,3)22-15(20)19-14(18)12-7-6-8-13(11-12)21-10-5-4-9-17/h6-8,11H,4-5,9-10H2,1-3H3,(H2,18,19,20). The Bertz CT molecular complexity index is 512. The van der Waals surface area contributed by atoms with Crippen LogP contribution in [0.5, 0.6) is 5.75 Å². The van der Waals surface area contributed by atoms with Crippen LogP contribution in [0.4, 0.5) is 4.79 Å². The summed E-state index contributed by atoms with van der Waals surface area (Å²) in [6.07, 6.45) is 1.37. The molecule has 0 aliphatic rings. The summed E-state index contributed by atoms with van der Waals surface area (Å²) >= 11 is 3.37. The average molecular weight is 371 g/mol. The largest absolute Gasteiger partial charge is 0.494 e. The number of halogens is 1. The average Bonchev–Trinajstić information content (AvgIpc) is 2.42. The lowest BCUT2D eigenvalue weighted by molar-refractivity contribution is 0.0563. The molecule has 22 heavy (non-hydrogen) atoms. The quantitative estimate of drug-likeness (QED) is 0.342. The molecule has 6 heteroatoms. The molecule has 0 heterocycles. The van der Waals surface area contributed by atoms with E-state index in [-0.39, 0.29) is 5.84 Å². The number of amides is 1. The van der Waals surface area contributed by atoms with E-state index in [0.29, 0.717) is 17.9 Å². The number of alkyl carbamates (subject to hydrolysis) is 1. The van der Waals surface area contributed by atoms with Crippen molar-refractivity contribution in [3.05, 3.63) is 29.8 Å². The van der Waals surface area contributed by atoms with E-state index in [4.69, 9.17) is 14.9 Å². The van der Waals surface area contributed by atoms with Gasteiger partial charge < -0.3 is 9.47 Å². The van der Waals surface area contributed by atoms with Gasteiger partial charge in [-0.3, -0.25) is 10.7 Å². The molecule has 0 radical (unpaired) electrons. The summed E-state index contributed by atoms with van der Waals surface area (Å²) in [5, 5.41) is 11.3. The highest BCUT2D eigenvalue weighted by Gasteiger charge is 2.17. The third-order valence-electron chi connectivity index (χ3n) is 2.55. The number of alkyl halides is 1. The summed E-state index contributed by atoms with van der Waals surface area (Å²) in [7, 11) is 0. The number of ether oxygens (including phenoxy) is 2. The minimum absolute atomic E-state index is 0.0137. The van der Waals surface area contributed by atoms with Crippen LogP contribution in [0, 0.1) is 5.41 Å². The first kappa shape index (κ1) is 18.5. The number of benzene rings is 1. The number of unbranched alkanes of at least 4 members (excludes halogenated alkanes) is 1. The molecule has 1 rings (SSSR count). The van der Waals surface area contributed by atoms with Crippen molar-refractivity contribution in [2.24, 2.45) is 0 Å². The van der Waals surface area contributed by atoms with Crippen molar-refractivity contribution < 1.29 is 14.3 Å². The van der Waals surface area contributed by atoms with Gasteiger partial charge in [-0.15, -0.1) is 0 Å². The Kier molecular flexibility index (Phi) is 7.38. The van der Waals surface area contributed by atoms with Gasteiger partial charge >= 0.3 is 6.09 Å². The van der Waals surface area contributed by atoms with Crippen molar-refractivity contribution in [2.75, 3.05) is 11.9 Å². The van der Waals surface area contributed by atoms with Gasteiger partial charge in [-0.2, -0.15) is 0 Å². The Morgan fingerprint density at radius 3 is 2.68 bits per heavy atom. The summed E-state index contributed by atoms with van der Waals surface area (Å²) in [6, 6.07) is 7.09. The van der Waals surface area contributed by atoms with Crippen LogP contribution in [0.2, 0.25) is 0 Å². The Hall–Kier alpha value is -1.56. The van der Waals surface area contributed by atoms with Gasteiger partial charge in [0.2, 0.25) is 0 Å². The van der Waals surface area contributed by atoms with Gasteiger partial charge in [0.25, 0.3) is 0 Å². The summed E-state index contributed by atoms with van der Waals surface area (Å²) in [4.78, 5) is 11.7. The van der Waals surface area contributed by atoms with Gasteiger partial charge in [-0.05, 0) is 45.7 Å². The monoisotopic (exact) mass is 370 g/mol. The maximum atomic E-state index is 11.7. The fraction of sp³-hybridized carbons (Fsp3) is 0.500. The van der Waals surface area contributed by atoms with E-state index in [2.05, 4.69) is 21.2 Å². The number of carbonyl (C=O) groups excluding carboxylic acids is 1. The van der Waals surface area contributed by atoms with E-state index >= 15 is 0 Å². The number of nitrogens with one attached hydrogen (secondary N) is 2. The second kappa shape index (κ2) is 8.78. The van der Waals surface area contributed by atoms with Crippen molar-refractivity contribution in [2.45, 2.75) is 39.2 Å². The molecule has 1 amide bonds. The Balaban J connectivity index is 2.57. The summed E-state index contributed by atoms with van der Waals surface area (Å²) in [6.45, 7) is 5.95. The zero-order valence-electron chi connectivity index (χ0n) is 13.2. The summed E-state index contributed by atoms with van der Waals surface area (Å²) < 4.78 is 10.7. The number of rotatable bonds is 6. The van der Waals surface area contributed by atoms with Crippen LogP contribution < -0.4 is 10.1 Å². The minimum atomic E-state index is -0.638. The van der Waals surface area contributed by atoms with Crippen LogP contribution >= 0.6 is 15.9 Å².